The predicted octanol–water partition coefficient (Wildman–Crippen LogP) is 1.19. The van der Waals surface area contributed by atoms with Crippen LogP contribution in [0.3, 0.4) is 0 Å². The zero-order valence-corrected chi connectivity index (χ0v) is 9.71. The zero-order chi connectivity index (χ0) is 12.1. The first-order valence-corrected chi connectivity index (χ1v) is 5.85. The van der Waals surface area contributed by atoms with Crippen molar-refractivity contribution in [2.75, 3.05) is 32.8 Å². The number of carboxylic acid groups (broad SMARTS) is 1. The first-order chi connectivity index (χ1) is 8.27. The molecule has 92 valence electrons. The van der Waals surface area contributed by atoms with Crippen LogP contribution in [-0.2, 0) is 9.53 Å². The molecule has 1 fully saturated rings. The molecular weight excluding hydrogens is 218 g/mol. The van der Waals surface area contributed by atoms with E-state index in [4.69, 9.17) is 4.74 Å². The summed E-state index contributed by atoms with van der Waals surface area (Å²) in [6, 6.07) is 9.41. The summed E-state index contributed by atoms with van der Waals surface area (Å²) < 4.78 is 5.26. The van der Waals surface area contributed by atoms with Gasteiger partial charge in [-0.25, -0.2) is 0 Å². The monoisotopic (exact) mass is 235 g/mol. The van der Waals surface area contributed by atoms with E-state index in [0.717, 1.165) is 18.7 Å². The molecule has 0 saturated carbocycles. The van der Waals surface area contributed by atoms with E-state index in [-0.39, 0.29) is 0 Å². The van der Waals surface area contributed by atoms with Gasteiger partial charge in [-0.05, 0) is 5.56 Å². The van der Waals surface area contributed by atoms with Crippen LogP contribution in [0.5, 0.6) is 0 Å². The third-order valence-corrected chi connectivity index (χ3v) is 3.04. The Morgan fingerprint density at radius 3 is 2.53 bits per heavy atom. The molecular formula is C13H17NO3. The lowest BCUT2D eigenvalue weighted by Gasteiger charge is -2.29. The maximum atomic E-state index is 11.3. The van der Waals surface area contributed by atoms with Crippen LogP contribution in [0.25, 0.3) is 0 Å². The Labute approximate surface area is 101 Å². The first kappa shape index (κ1) is 12.1. The smallest absolute Gasteiger partial charge is 0.312 e. The van der Waals surface area contributed by atoms with Gasteiger partial charge in [-0.1, -0.05) is 30.3 Å². The van der Waals surface area contributed by atoms with Crippen molar-refractivity contribution in [1.82, 2.24) is 4.90 Å². The lowest BCUT2D eigenvalue weighted by atomic mass is 9.98. The van der Waals surface area contributed by atoms with E-state index < -0.39 is 11.9 Å². The fraction of sp³-hybridized carbons (Fsp3) is 0.462. The topological polar surface area (TPSA) is 49.8 Å². The third kappa shape index (κ3) is 3.28. The number of ether oxygens (including phenoxy) is 1. The second kappa shape index (κ2) is 5.80. The molecule has 4 nitrogen and oxygen atoms in total. The summed E-state index contributed by atoms with van der Waals surface area (Å²) in [4.78, 5) is 13.5. The number of morpholine rings is 1. The summed E-state index contributed by atoms with van der Waals surface area (Å²) in [6.07, 6.45) is 0. The van der Waals surface area contributed by atoms with Crippen LogP contribution < -0.4 is 0 Å². The molecule has 1 aliphatic heterocycles. The van der Waals surface area contributed by atoms with Crippen LogP contribution in [0, 0.1) is 0 Å². The maximum absolute atomic E-state index is 11.3. The van der Waals surface area contributed by atoms with Crippen molar-refractivity contribution in [3.8, 4) is 0 Å². The number of carbonyl (C=O) groups is 1. The van der Waals surface area contributed by atoms with Crippen LogP contribution in [0.4, 0.5) is 0 Å². The SMILES string of the molecule is O=C(O)[C@H](CN1CCOCC1)c1ccccc1. The largest absolute Gasteiger partial charge is 0.481 e. The van der Waals surface area contributed by atoms with Crippen molar-refractivity contribution in [3.05, 3.63) is 35.9 Å². The highest BCUT2D eigenvalue weighted by Gasteiger charge is 2.23. The number of benzene rings is 1. The Bertz CT molecular complexity index is 360. The van der Waals surface area contributed by atoms with Crippen LogP contribution >= 0.6 is 0 Å². The molecule has 1 atom stereocenters. The Hall–Kier alpha value is -1.39. The number of aliphatic carboxylic acids is 1. The van der Waals surface area contributed by atoms with Gasteiger partial charge in [0.25, 0.3) is 0 Å². The molecule has 0 unspecified atom stereocenters. The molecule has 0 aromatic heterocycles. The molecule has 1 saturated heterocycles. The Morgan fingerprint density at radius 1 is 1.29 bits per heavy atom. The van der Waals surface area contributed by atoms with Gasteiger partial charge < -0.3 is 9.84 Å². The van der Waals surface area contributed by atoms with Gasteiger partial charge >= 0.3 is 5.97 Å². The average molecular weight is 235 g/mol. The Balaban J connectivity index is 2.05. The van der Waals surface area contributed by atoms with Gasteiger partial charge in [0.15, 0.2) is 0 Å². The van der Waals surface area contributed by atoms with Crippen molar-refractivity contribution < 1.29 is 14.6 Å². The quantitative estimate of drug-likeness (QED) is 0.851. The van der Waals surface area contributed by atoms with Gasteiger partial charge in [-0.2, -0.15) is 0 Å². The molecule has 0 radical (unpaired) electrons. The van der Waals surface area contributed by atoms with Crippen LogP contribution in [0.15, 0.2) is 30.3 Å². The Kier molecular flexibility index (Phi) is 4.12. The summed E-state index contributed by atoms with van der Waals surface area (Å²) in [6.45, 7) is 3.58. The molecule has 0 spiro atoms. The highest BCUT2D eigenvalue weighted by atomic mass is 16.5. The molecule has 17 heavy (non-hydrogen) atoms. The van der Waals surface area contributed by atoms with Crippen molar-refractivity contribution in [3.63, 3.8) is 0 Å². The van der Waals surface area contributed by atoms with Gasteiger partial charge in [0.2, 0.25) is 0 Å². The van der Waals surface area contributed by atoms with E-state index >= 15 is 0 Å². The number of nitrogens with zero attached hydrogens (tertiary/aromatic N) is 1. The molecule has 1 N–H and O–H groups in total. The summed E-state index contributed by atoms with van der Waals surface area (Å²) in [7, 11) is 0. The van der Waals surface area contributed by atoms with Crippen molar-refractivity contribution in [2.45, 2.75) is 5.92 Å². The minimum absolute atomic E-state index is 0.450. The highest BCUT2D eigenvalue weighted by Crippen LogP contribution is 2.17. The van der Waals surface area contributed by atoms with E-state index in [1.165, 1.54) is 0 Å². The lowest BCUT2D eigenvalue weighted by Crippen LogP contribution is -2.40. The second-order valence-corrected chi connectivity index (χ2v) is 4.21. The molecule has 1 aromatic carbocycles. The van der Waals surface area contributed by atoms with Gasteiger partial charge in [-0.15, -0.1) is 0 Å². The number of hydrogen-bond donors (Lipinski definition) is 1. The highest BCUT2D eigenvalue weighted by molar-refractivity contribution is 5.76. The van der Waals surface area contributed by atoms with Crippen molar-refractivity contribution >= 4 is 5.97 Å². The van der Waals surface area contributed by atoms with E-state index in [9.17, 15) is 9.90 Å². The fourth-order valence-electron chi connectivity index (χ4n) is 2.05. The standard InChI is InChI=1S/C13H17NO3/c15-13(16)12(11-4-2-1-3-5-11)10-14-6-8-17-9-7-14/h1-5,12H,6-10H2,(H,15,16)/t12-/m1/s1. The lowest BCUT2D eigenvalue weighted by molar-refractivity contribution is -0.139. The van der Waals surface area contributed by atoms with Crippen LogP contribution in [-0.4, -0.2) is 48.8 Å². The Morgan fingerprint density at radius 2 is 1.94 bits per heavy atom. The molecule has 4 heteroatoms. The summed E-state index contributed by atoms with van der Waals surface area (Å²) in [5, 5.41) is 9.30. The number of rotatable bonds is 4. The number of hydrogen-bond acceptors (Lipinski definition) is 3. The molecule has 0 bridgehead atoms. The third-order valence-electron chi connectivity index (χ3n) is 3.04. The molecule has 2 rings (SSSR count). The molecule has 1 aliphatic rings. The number of carboxylic acids is 1. The maximum Gasteiger partial charge on any atom is 0.312 e. The molecule has 0 amide bonds. The van der Waals surface area contributed by atoms with E-state index in [2.05, 4.69) is 4.90 Å². The van der Waals surface area contributed by atoms with E-state index in [1.807, 2.05) is 30.3 Å². The van der Waals surface area contributed by atoms with Gasteiger partial charge in [-0.3, -0.25) is 9.69 Å². The predicted molar refractivity (Wildman–Crippen MR) is 64.1 cm³/mol. The van der Waals surface area contributed by atoms with Gasteiger partial charge in [0.1, 0.15) is 0 Å². The van der Waals surface area contributed by atoms with Crippen LogP contribution in [0.1, 0.15) is 11.5 Å². The molecule has 1 heterocycles. The summed E-state index contributed by atoms with van der Waals surface area (Å²) >= 11 is 0. The average Bonchev–Trinajstić information content (AvgIpc) is 2.38. The van der Waals surface area contributed by atoms with Gasteiger partial charge in [0, 0.05) is 19.6 Å². The van der Waals surface area contributed by atoms with E-state index in [1.54, 1.807) is 0 Å². The molecule has 0 aliphatic carbocycles. The van der Waals surface area contributed by atoms with Crippen molar-refractivity contribution in [2.24, 2.45) is 0 Å². The summed E-state index contributed by atoms with van der Waals surface area (Å²) in [5.74, 6) is -1.21. The minimum Gasteiger partial charge on any atom is -0.481 e. The summed E-state index contributed by atoms with van der Waals surface area (Å²) in [5.41, 5.74) is 0.867. The van der Waals surface area contributed by atoms with E-state index in [0.29, 0.717) is 19.8 Å². The fourth-order valence-corrected chi connectivity index (χ4v) is 2.05. The first-order valence-electron chi connectivity index (χ1n) is 5.85. The minimum atomic E-state index is -0.761. The normalized spacial score (nSPS) is 18.8. The second-order valence-electron chi connectivity index (χ2n) is 4.21. The van der Waals surface area contributed by atoms with Crippen molar-refractivity contribution in [1.29, 1.82) is 0 Å². The zero-order valence-electron chi connectivity index (χ0n) is 9.71. The molecule has 1 aromatic rings. The van der Waals surface area contributed by atoms with Crippen LogP contribution in [0.2, 0.25) is 0 Å². The van der Waals surface area contributed by atoms with Gasteiger partial charge in [0.05, 0.1) is 19.1 Å².